The Morgan fingerprint density at radius 2 is 1.91 bits per heavy atom. The van der Waals surface area contributed by atoms with Crippen LogP contribution < -0.4 is 0 Å². The fraction of sp³-hybridized carbons (Fsp3) is 0.571. The van der Waals surface area contributed by atoms with Gasteiger partial charge in [-0.25, -0.2) is 0 Å². The highest BCUT2D eigenvalue weighted by molar-refractivity contribution is 5.95. The second kappa shape index (κ2) is 2.36. The average molecular weight is 164 g/mol. The summed E-state index contributed by atoms with van der Waals surface area (Å²) in [5.41, 5.74) is -0.678. The van der Waals surface area contributed by atoms with Crippen LogP contribution in [-0.4, -0.2) is 12.0 Å². The number of alkyl halides is 3. The van der Waals surface area contributed by atoms with Crippen LogP contribution >= 0.6 is 0 Å². The minimum atomic E-state index is -4.29. The van der Waals surface area contributed by atoms with Crippen LogP contribution in [0.15, 0.2) is 11.1 Å². The Balaban J connectivity index is 2.90. The molecule has 0 heterocycles. The van der Waals surface area contributed by atoms with Crippen LogP contribution in [-0.2, 0) is 4.79 Å². The number of ketones is 1. The zero-order chi connectivity index (χ0) is 8.65. The first-order valence-electron chi connectivity index (χ1n) is 3.23. The SMILES string of the molecule is CC(=O)C1=C(C(F)(F)F)CC1. The van der Waals surface area contributed by atoms with Crippen molar-refractivity contribution in [2.24, 2.45) is 0 Å². The van der Waals surface area contributed by atoms with Crippen LogP contribution in [0.25, 0.3) is 0 Å². The van der Waals surface area contributed by atoms with Gasteiger partial charge >= 0.3 is 6.18 Å². The van der Waals surface area contributed by atoms with E-state index in [9.17, 15) is 18.0 Å². The number of hydrogen-bond acceptors (Lipinski definition) is 1. The lowest BCUT2D eigenvalue weighted by atomic mass is 9.86. The van der Waals surface area contributed by atoms with E-state index in [1.54, 1.807) is 0 Å². The molecule has 0 unspecified atom stereocenters. The molecule has 0 aromatic rings. The summed E-state index contributed by atoms with van der Waals surface area (Å²) in [6, 6.07) is 0. The van der Waals surface area contributed by atoms with Crippen molar-refractivity contribution >= 4 is 5.78 Å². The summed E-state index contributed by atoms with van der Waals surface area (Å²) in [7, 11) is 0. The van der Waals surface area contributed by atoms with Gasteiger partial charge in [0, 0.05) is 11.1 Å². The van der Waals surface area contributed by atoms with Crippen molar-refractivity contribution in [3.05, 3.63) is 11.1 Å². The van der Waals surface area contributed by atoms with Crippen molar-refractivity contribution in [2.75, 3.05) is 0 Å². The van der Waals surface area contributed by atoms with Gasteiger partial charge in [-0.2, -0.15) is 13.2 Å². The fourth-order valence-electron chi connectivity index (χ4n) is 1.08. The molecule has 0 aliphatic heterocycles. The first kappa shape index (κ1) is 8.30. The molecule has 0 aromatic heterocycles. The Bertz CT molecular complexity index is 224. The van der Waals surface area contributed by atoms with E-state index in [1.807, 2.05) is 0 Å². The zero-order valence-electron chi connectivity index (χ0n) is 5.96. The number of rotatable bonds is 1. The van der Waals surface area contributed by atoms with Crippen LogP contribution in [0.3, 0.4) is 0 Å². The zero-order valence-corrected chi connectivity index (χ0v) is 5.96. The highest BCUT2D eigenvalue weighted by atomic mass is 19.4. The van der Waals surface area contributed by atoms with Gasteiger partial charge in [0.05, 0.1) is 0 Å². The van der Waals surface area contributed by atoms with Gasteiger partial charge in [0.15, 0.2) is 5.78 Å². The quantitative estimate of drug-likeness (QED) is 0.580. The predicted molar refractivity (Wildman–Crippen MR) is 33.0 cm³/mol. The topological polar surface area (TPSA) is 17.1 Å². The van der Waals surface area contributed by atoms with E-state index in [4.69, 9.17) is 0 Å². The van der Waals surface area contributed by atoms with Crippen LogP contribution in [0.2, 0.25) is 0 Å². The molecule has 1 nitrogen and oxygen atoms in total. The van der Waals surface area contributed by atoms with Crippen LogP contribution in [0.4, 0.5) is 13.2 Å². The molecular formula is C7H7F3O. The van der Waals surface area contributed by atoms with E-state index < -0.39 is 17.5 Å². The molecule has 1 aliphatic carbocycles. The third-order valence-electron chi connectivity index (χ3n) is 1.76. The molecule has 0 fully saturated rings. The van der Waals surface area contributed by atoms with E-state index in [1.165, 1.54) is 6.92 Å². The average Bonchev–Trinajstić information content (AvgIpc) is 1.51. The maximum Gasteiger partial charge on any atom is 0.413 e. The van der Waals surface area contributed by atoms with Gasteiger partial charge in [0.25, 0.3) is 0 Å². The Morgan fingerprint density at radius 1 is 1.36 bits per heavy atom. The number of hydrogen-bond donors (Lipinski definition) is 0. The summed E-state index contributed by atoms with van der Waals surface area (Å²) in [5, 5.41) is 0. The highest BCUT2D eigenvalue weighted by Gasteiger charge is 2.41. The normalized spacial score (nSPS) is 18.2. The fourth-order valence-corrected chi connectivity index (χ4v) is 1.08. The van der Waals surface area contributed by atoms with E-state index in [-0.39, 0.29) is 18.4 Å². The van der Waals surface area contributed by atoms with Crippen molar-refractivity contribution in [3.8, 4) is 0 Å². The van der Waals surface area contributed by atoms with Crippen LogP contribution in [0, 0.1) is 0 Å². The molecule has 4 heteroatoms. The Kier molecular flexibility index (Phi) is 1.78. The third kappa shape index (κ3) is 1.44. The molecular weight excluding hydrogens is 157 g/mol. The third-order valence-corrected chi connectivity index (χ3v) is 1.76. The molecule has 0 atom stereocenters. The lowest BCUT2D eigenvalue weighted by Gasteiger charge is -2.23. The molecule has 0 amide bonds. The van der Waals surface area contributed by atoms with Crippen molar-refractivity contribution in [3.63, 3.8) is 0 Å². The van der Waals surface area contributed by atoms with Crippen molar-refractivity contribution in [2.45, 2.75) is 25.9 Å². The number of Topliss-reactive ketones (excluding diaryl/α,β-unsaturated/α-hetero) is 1. The number of carbonyl (C=O) groups is 1. The number of halogens is 3. The maximum absolute atomic E-state index is 11.9. The van der Waals surface area contributed by atoms with E-state index in [2.05, 4.69) is 0 Å². The Morgan fingerprint density at radius 3 is 2.00 bits per heavy atom. The van der Waals surface area contributed by atoms with E-state index in [0.717, 1.165) is 0 Å². The van der Waals surface area contributed by atoms with Gasteiger partial charge < -0.3 is 0 Å². The number of allylic oxidation sites excluding steroid dienone is 2. The summed E-state index contributed by atoms with van der Waals surface area (Å²) in [6.07, 6.45) is -4.01. The van der Waals surface area contributed by atoms with E-state index in [0.29, 0.717) is 0 Å². The largest absolute Gasteiger partial charge is 0.413 e. The van der Waals surface area contributed by atoms with Gasteiger partial charge in [-0.3, -0.25) is 4.79 Å². The first-order chi connectivity index (χ1) is 4.93. The number of carbonyl (C=O) groups excluding carboxylic acids is 1. The van der Waals surface area contributed by atoms with Gasteiger partial charge in [0.2, 0.25) is 0 Å². The molecule has 0 saturated carbocycles. The summed E-state index contributed by atoms with van der Waals surface area (Å²) >= 11 is 0. The van der Waals surface area contributed by atoms with Crippen LogP contribution in [0.1, 0.15) is 19.8 Å². The first-order valence-corrected chi connectivity index (χ1v) is 3.23. The maximum atomic E-state index is 11.9. The summed E-state index contributed by atoms with van der Waals surface area (Å²) in [6.45, 7) is 1.17. The summed E-state index contributed by atoms with van der Waals surface area (Å²) in [4.78, 5) is 10.5. The standard InChI is InChI=1S/C7H7F3O/c1-4(11)5-2-3-6(5)7(8,9)10/h2-3H2,1H3. The van der Waals surface area contributed by atoms with E-state index >= 15 is 0 Å². The van der Waals surface area contributed by atoms with Crippen molar-refractivity contribution in [1.29, 1.82) is 0 Å². The highest BCUT2D eigenvalue weighted by Crippen LogP contribution is 2.40. The molecule has 0 bridgehead atoms. The molecule has 0 saturated heterocycles. The lowest BCUT2D eigenvalue weighted by Crippen LogP contribution is -2.23. The second-order valence-corrected chi connectivity index (χ2v) is 2.51. The van der Waals surface area contributed by atoms with Gasteiger partial charge in [-0.15, -0.1) is 0 Å². The summed E-state index contributed by atoms with van der Waals surface area (Å²) < 4.78 is 35.7. The van der Waals surface area contributed by atoms with Gasteiger partial charge in [-0.1, -0.05) is 0 Å². The molecule has 1 aliphatic rings. The minimum absolute atomic E-state index is 0.00157. The molecule has 0 aromatic carbocycles. The molecule has 1 rings (SSSR count). The molecule has 0 N–H and O–H groups in total. The molecule has 11 heavy (non-hydrogen) atoms. The monoisotopic (exact) mass is 164 g/mol. The Labute approximate surface area is 61.9 Å². The van der Waals surface area contributed by atoms with Gasteiger partial charge in [-0.05, 0) is 19.8 Å². The molecule has 0 radical (unpaired) electrons. The van der Waals surface area contributed by atoms with Gasteiger partial charge in [0.1, 0.15) is 0 Å². The van der Waals surface area contributed by atoms with Crippen molar-refractivity contribution in [1.82, 2.24) is 0 Å². The smallest absolute Gasteiger partial charge is 0.295 e. The lowest BCUT2D eigenvalue weighted by molar-refractivity contribution is -0.118. The summed E-state index contributed by atoms with van der Waals surface area (Å²) in [5.74, 6) is -0.455. The predicted octanol–water partition coefficient (Wildman–Crippen LogP) is 2.23. The molecule has 62 valence electrons. The second-order valence-electron chi connectivity index (χ2n) is 2.51. The van der Waals surface area contributed by atoms with Crippen LogP contribution in [0.5, 0.6) is 0 Å². The Hall–Kier alpha value is -0.800. The molecule has 0 spiro atoms. The minimum Gasteiger partial charge on any atom is -0.295 e. The van der Waals surface area contributed by atoms with Crippen molar-refractivity contribution < 1.29 is 18.0 Å².